The molecule has 0 heterocycles. The van der Waals surface area contributed by atoms with Crippen LogP contribution in [0.2, 0.25) is 5.02 Å². The normalized spacial score (nSPS) is 12.6. The van der Waals surface area contributed by atoms with E-state index in [0.717, 1.165) is 11.6 Å². The first kappa shape index (κ1) is 18.5. The molecule has 1 aromatic rings. The molecule has 1 aromatic carbocycles. The Morgan fingerprint density at radius 1 is 1.00 bits per heavy atom. The van der Waals surface area contributed by atoms with E-state index >= 15 is 0 Å². The molecule has 1 rings (SSSR count). The van der Waals surface area contributed by atoms with Crippen LogP contribution in [0.1, 0.15) is 82.4 Å². The van der Waals surface area contributed by atoms with Crippen molar-refractivity contribution in [3.05, 3.63) is 34.3 Å². The van der Waals surface area contributed by atoms with Gasteiger partial charge in [-0.15, -0.1) is 0 Å². The third-order valence-corrected chi connectivity index (χ3v) is 4.66. The fourth-order valence-corrected chi connectivity index (χ4v) is 3.12. The molecule has 0 amide bonds. The first-order valence-electron chi connectivity index (χ1n) is 8.69. The van der Waals surface area contributed by atoms with E-state index in [4.69, 9.17) is 11.6 Å². The fourth-order valence-electron chi connectivity index (χ4n) is 2.86. The summed E-state index contributed by atoms with van der Waals surface area (Å²) in [5, 5.41) is 4.53. The van der Waals surface area contributed by atoms with Gasteiger partial charge in [0.15, 0.2) is 0 Å². The molecular weight excluding hydrogens is 278 g/mol. The number of unbranched alkanes of at least 4 members (excludes halogenated alkanes) is 6. The van der Waals surface area contributed by atoms with Gasteiger partial charge in [0.1, 0.15) is 0 Å². The van der Waals surface area contributed by atoms with Crippen molar-refractivity contribution in [3.8, 4) is 0 Å². The topological polar surface area (TPSA) is 12.0 Å². The average molecular weight is 310 g/mol. The van der Waals surface area contributed by atoms with Gasteiger partial charge >= 0.3 is 0 Å². The van der Waals surface area contributed by atoms with E-state index in [-0.39, 0.29) is 0 Å². The lowest BCUT2D eigenvalue weighted by Crippen LogP contribution is -2.21. The number of rotatable bonds is 11. The summed E-state index contributed by atoms with van der Waals surface area (Å²) in [5.41, 5.74) is 2.45. The number of halogens is 1. The summed E-state index contributed by atoms with van der Waals surface area (Å²) in [6, 6.07) is 6.77. The lowest BCUT2D eigenvalue weighted by atomic mass is 9.98. The summed E-state index contributed by atoms with van der Waals surface area (Å²) < 4.78 is 0. The number of hydrogen-bond acceptors (Lipinski definition) is 1. The van der Waals surface area contributed by atoms with Crippen LogP contribution in [0.25, 0.3) is 0 Å². The van der Waals surface area contributed by atoms with Crippen molar-refractivity contribution < 1.29 is 0 Å². The largest absolute Gasteiger partial charge is 0.310 e. The fraction of sp³-hybridized carbons (Fsp3) is 0.684. The molecule has 0 fully saturated rings. The zero-order valence-corrected chi connectivity index (χ0v) is 14.8. The van der Waals surface area contributed by atoms with E-state index in [0.29, 0.717) is 6.04 Å². The minimum Gasteiger partial charge on any atom is -0.310 e. The minimum absolute atomic E-state index is 0.401. The molecule has 1 atom stereocenters. The van der Waals surface area contributed by atoms with E-state index < -0.39 is 0 Å². The van der Waals surface area contributed by atoms with Gasteiger partial charge in [0, 0.05) is 11.1 Å². The van der Waals surface area contributed by atoms with Crippen molar-refractivity contribution in [2.45, 2.75) is 78.2 Å². The van der Waals surface area contributed by atoms with Gasteiger partial charge in [0.05, 0.1) is 0 Å². The van der Waals surface area contributed by atoms with Crippen LogP contribution in [0.5, 0.6) is 0 Å². The Morgan fingerprint density at radius 3 is 2.33 bits per heavy atom. The van der Waals surface area contributed by atoms with Gasteiger partial charge < -0.3 is 5.32 Å². The zero-order valence-electron chi connectivity index (χ0n) is 14.1. The van der Waals surface area contributed by atoms with Crippen molar-refractivity contribution in [1.29, 1.82) is 0 Å². The van der Waals surface area contributed by atoms with Crippen molar-refractivity contribution in [2.75, 3.05) is 6.54 Å². The molecule has 1 nitrogen and oxygen atoms in total. The highest BCUT2D eigenvalue weighted by Crippen LogP contribution is 2.29. The van der Waals surface area contributed by atoms with E-state index in [1.807, 2.05) is 0 Å². The van der Waals surface area contributed by atoms with Crippen LogP contribution in [0.15, 0.2) is 18.2 Å². The second-order valence-corrected chi connectivity index (χ2v) is 6.38. The van der Waals surface area contributed by atoms with Crippen LogP contribution in [0.3, 0.4) is 0 Å². The Hall–Kier alpha value is -0.530. The molecule has 0 bridgehead atoms. The number of benzene rings is 1. The first-order chi connectivity index (χ1) is 10.2. The highest BCUT2D eigenvalue weighted by molar-refractivity contribution is 6.32. The lowest BCUT2D eigenvalue weighted by Gasteiger charge is -2.20. The molecule has 0 spiro atoms. The average Bonchev–Trinajstić information content (AvgIpc) is 2.48. The van der Waals surface area contributed by atoms with Gasteiger partial charge in [-0.05, 0) is 31.0 Å². The van der Waals surface area contributed by atoms with Crippen molar-refractivity contribution in [1.82, 2.24) is 5.32 Å². The van der Waals surface area contributed by atoms with E-state index in [1.54, 1.807) is 0 Å². The highest BCUT2D eigenvalue weighted by Gasteiger charge is 2.14. The van der Waals surface area contributed by atoms with Gasteiger partial charge in [-0.25, -0.2) is 0 Å². The van der Waals surface area contributed by atoms with Crippen LogP contribution in [0, 0.1) is 6.92 Å². The van der Waals surface area contributed by atoms with Crippen LogP contribution >= 0.6 is 11.6 Å². The third-order valence-electron chi connectivity index (χ3n) is 4.14. The molecule has 0 saturated carbocycles. The van der Waals surface area contributed by atoms with Crippen molar-refractivity contribution in [2.24, 2.45) is 0 Å². The van der Waals surface area contributed by atoms with Crippen molar-refractivity contribution >= 4 is 11.6 Å². The molecule has 0 radical (unpaired) electrons. The van der Waals surface area contributed by atoms with Crippen molar-refractivity contribution in [3.63, 3.8) is 0 Å². The Balaban J connectivity index is 2.41. The molecule has 0 aromatic heterocycles. The van der Waals surface area contributed by atoms with Crippen LogP contribution in [0.4, 0.5) is 0 Å². The maximum atomic E-state index is 6.48. The standard InChI is InChI=1S/C19H32ClN/c1-4-6-7-8-9-10-11-15-18(21-5-2)17-14-12-13-16(3)19(17)20/h12-14,18,21H,4-11,15H2,1-3H3. The predicted octanol–water partition coefficient (Wildman–Crippen LogP) is 6.44. The number of hydrogen-bond donors (Lipinski definition) is 1. The molecule has 1 unspecified atom stereocenters. The van der Waals surface area contributed by atoms with Crippen LogP contribution in [-0.2, 0) is 0 Å². The molecule has 2 heteroatoms. The summed E-state index contributed by atoms with van der Waals surface area (Å²) in [6.45, 7) is 7.52. The lowest BCUT2D eigenvalue weighted by molar-refractivity contribution is 0.475. The molecule has 120 valence electrons. The molecule has 21 heavy (non-hydrogen) atoms. The van der Waals surface area contributed by atoms with E-state index in [9.17, 15) is 0 Å². The van der Waals surface area contributed by atoms with Gasteiger partial charge in [-0.3, -0.25) is 0 Å². The molecule has 0 aliphatic carbocycles. The Kier molecular flexibility index (Phi) is 9.78. The number of nitrogens with one attached hydrogen (secondary N) is 1. The first-order valence-corrected chi connectivity index (χ1v) is 9.06. The van der Waals surface area contributed by atoms with Crippen LogP contribution < -0.4 is 5.32 Å². The van der Waals surface area contributed by atoms with E-state index in [1.165, 1.54) is 62.5 Å². The molecular formula is C19H32ClN. The molecule has 1 N–H and O–H groups in total. The summed E-state index contributed by atoms with van der Waals surface area (Å²) >= 11 is 6.48. The van der Waals surface area contributed by atoms with Gasteiger partial charge in [0.25, 0.3) is 0 Å². The van der Waals surface area contributed by atoms with Crippen LogP contribution in [-0.4, -0.2) is 6.54 Å². The van der Waals surface area contributed by atoms with Gasteiger partial charge in [-0.1, -0.05) is 88.6 Å². The second-order valence-electron chi connectivity index (χ2n) is 6.00. The monoisotopic (exact) mass is 309 g/mol. The third kappa shape index (κ3) is 6.84. The predicted molar refractivity (Wildman–Crippen MR) is 95.2 cm³/mol. The second kappa shape index (κ2) is 11.1. The molecule has 0 aliphatic heterocycles. The Labute approximate surface area is 136 Å². The van der Waals surface area contributed by atoms with Gasteiger partial charge in [-0.2, -0.15) is 0 Å². The zero-order chi connectivity index (χ0) is 15.5. The molecule has 0 saturated heterocycles. The smallest absolute Gasteiger partial charge is 0.0482 e. The maximum absolute atomic E-state index is 6.48. The summed E-state index contributed by atoms with van der Waals surface area (Å²) in [7, 11) is 0. The Bertz CT molecular complexity index is 389. The SMILES string of the molecule is CCCCCCCCCC(NCC)c1cccc(C)c1Cl. The molecule has 0 aliphatic rings. The summed E-state index contributed by atoms with van der Waals surface area (Å²) in [6.07, 6.45) is 10.7. The Morgan fingerprint density at radius 2 is 1.67 bits per heavy atom. The maximum Gasteiger partial charge on any atom is 0.0482 e. The van der Waals surface area contributed by atoms with Gasteiger partial charge in [0.2, 0.25) is 0 Å². The minimum atomic E-state index is 0.401. The summed E-state index contributed by atoms with van der Waals surface area (Å²) in [5.74, 6) is 0. The van der Waals surface area contributed by atoms with E-state index in [2.05, 4.69) is 44.3 Å². The summed E-state index contributed by atoms with van der Waals surface area (Å²) in [4.78, 5) is 0. The number of aryl methyl sites for hydroxylation is 1. The quantitative estimate of drug-likeness (QED) is 0.464. The highest BCUT2D eigenvalue weighted by atomic mass is 35.5.